The van der Waals surface area contributed by atoms with E-state index >= 15 is 0 Å². The maximum Gasteiger partial charge on any atom is 0.213 e. The van der Waals surface area contributed by atoms with Crippen molar-refractivity contribution in [2.45, 2.75) is 0 Å². The monoisotopic (exact) mass is 226 g/mol. The van der Waals surface area contributed by atoms with Crippen molar-refractivity contribution < 1.29 is 4.74 Å². The SMILES string of the molecule is COc1ccc(Nc2cccnc2C#N)cn1. The van der Waals surface area contributed by atoms with E-state index in [0.29, 0.717) is 17.3 Å². The van der Waals surface area contributed by atoms with Crippen molar-refractivity contribution in [1.29, 1.82) is 5.26 Å². The van der Waals surface area contributed by atoms with E-state index in [0.717, 1.165) is 5.69 Å². The molecule has 0 saturated carbocycles. The lowest BCUT2D eigenvalue weighted by Crippen LogP contribution is -1.96. The zero-order valence-corrected chi connectivity index (χ0v) is 9.21. The topological polar surface area (TPSA) is 70.8 Å². The summed E-state index contributed by atoms with van der Waals surface area (Å²) in [7, 11) is 1.56. The molecular weight excluding hydrogens is 216 g/mol. The van der Waals surface area contributed by atoms with Crippen molar-refractivity contribution in [2.24, 2.45) is 0 Å². The fraction of sp³-hybridized carbons (Fsp3) is 0.0833. The molecule has 0 aromatic carbocycles. The van der Waals surface area contributed by atoms with Crippen molar-refractivity contribution >= 4 is 11.4 Å². The second kappa shape index (κ2) is 4.94. The Morgan fingerprint density at radius 1 is 1.29 bits per heavy atom. The number of pyridine rings is 2. The Balaban J connectivity index is 2.23. The van der Waals surface area contributed by atoms with Crippen molar-refractivity contribution in [1.82, 2.24) is 9.97 Å². The first kappa shape index (κ1) is 10.9. The Hall–Kier alpha value is -2.61. The van der Waals surface area contributed by atoms with Crippen LogP contribution in [0.4, 0.5) is 11.4 Å². The third-order valence-electron chi connectivity index (χ3n) is 2.14. The Labute approximate surface area is 98.7 Å². The second-order valence-corrected chi connectivity index (χ2v) is 3.23. The average Bonchev–Trinajstić information content (AvgIpc) is 2.40. The number of hydrogen-bond acceptors (Lipinski definition) is 5. The van der Waals surface area contributed by atoms with Gasteiger partial charge in [0.05, 0.1) is 24.7 Å². The normalized spacial score (nSPS) is 9.41. The molecule has 0 atom stereocenters. The molecule has 84 valence electrons. The number of rotatable bonds is 3. The largest absolute Gasteiger partial charge is 0.481 e. The van der Waals surface area contributed by atoms with Crippen LogP contribution >= 0.6 is 0 Å². The Morgan fingerprint density at radius 2 is 2.18 bits per heavy atom. The first-order chi connectivity index (χ1) is 8.33. The summed E-state index contributed by atoms with van der Waals surface area (Å²) in [5, 5.41) is 12.0. The number of methoxy groups -OCH3 is 1. The number of nitrogens with one attached hydrogen (secondary N) is 1. The number of anilines is 2. The molecule has 0 aliphatic heterocycles. The molecule has 17 heavy (non-hydrogen) atoms. The van der Waals surface area contributed by atoms with Crippen LogP contribution in [-0.2, 0) is 0 Å². The molecule has 0 aliphatic rings. The molecule has 0 unspecified atom stereocenters. The molecule has 5 heteroatoms. The fourth-order valence-corrected chi connectivity index (χ4v) is 1.33. The molecule has 2 aromatic heterocycles. The predicted octanol–water partition coefficient (Wildman–Crippen LogP) is 2.10. The molecule has 2 aromatic rings. The Bertz CT molecular complexity index is 545. The van der Waals surface area contributed by atoms with E-state index < -0.39 is 0 Å². The molecule has 0 aliphatic carbocycles. The van der Waals surface area contributed by atoms with Crippen LogP contribution in [0.2, 0.25) is 0 Å². The van der Waals surface area contributed by atoms with Crippen LogP contribution in [0.1, 0.15) is 5.69 Å². The van der Waals surface area contributed by atoms with E-state index in [1.807, 2.05) is 12.1 Å². The van der Waals surface area contributed by atoms with E-state index in [2.05, 4.69) is 15.3 Å². The van der Waals surface area contributed by atoms with E-state index in [9.17, 15) is 0 Å². The number of nitrogens with zero attached hydrogens (tertiary/aromatic N) is 3. The van der Waals surface area contributed by atoms with Crippen LogP contribution in [0, 0.1) is 11.3 Å². The quantitative estimate of drug-likeness (QED) is 0.867. The van der Waals surface area contributed by atoms with Crippen LogP contribution in [0.15, 0.2) is 36.7 Å². The lowest BCUT2D eigenvalue weighted by molar-refractivity contribution is 0.398. The van der Waals surface area contributed by atoms with Crippen molar-refractivity contribution in [3.8, 4) is 11.9 Å². The molecule has 0 spiro atoms. The summed E-state index contributed by atoms with van der Waals surface area (Å²) in [6.07, 6.45) is 3.21. The zero-order valence-electron chi connectivity index (χ0n) is 9.21. The minimum absolute atomic E-state index is 0.350. The highest BCUT2D eigenvalue weighted by Gasteiger charge is 2.02. The van der Waals surface area contributed by atoms with E-state index in [1.54, 1.807) is 37.7 Å². The number of ether oxygens (including phenoxy) is 1. The van der Waals surface area contributed by atoms with Gasteiger partial charge < -0.3 is 10.1 Å². The van der Waals surface area contributed by atoms with Gasteiger partial charge in [0.25, 0.3) is 0 Å². The van der Waals surface area contributed by atoms with Gasteiger partial charge in [0, 0.05) is 12.3 Å². The smallest absolute Gasteiger partial charge is 0.213 e. The van der Waals surface area contributed by atoms with E-state index in [4.69, 9.17) is 10.00 Å². The number of aromatic nitrogens is 2. The summed E-state index contributed by atoms with van der Waals surface area (Å²) in [6.45, 7) is 0. The minimum Gasteiger partial charge on any atom is -0.481 e. The lowest BCUT2D eigenvalue weighted by Gasteiger charge is -2.07. The van der Waals surface area contributed by atoms with Gasteiger partial charge in [-0.2, -0.15) is 5.26 Å². The van der Waals surface area contributed by atoms with Gasteiger partial charge in [-0.1, -0.05) is 0 Å². The van der Waals surface area contributed by atoms with Crippen molar-refractivity contribution in [2.75, 3.05) is 12.4 Å². The van der Waals surface area contributed by atoms with Gasteiger partial charge >= 0.3 is 0 Å². The standard InChI is InChI=1S/C12H10N4O/c1-17-12-5-4-9(8-15-12)16-10-3-2-6-14-11(10)7-13/h2-6,8,16H,1H3. The highest BCUT2D eigenvalue weighted by Crippen LogP contribution is 2.19. The number of hydrogen-bond donors (Lipinski definition) is 1. The van der Waals surface area contributed by atoms with Crippen LogP contribution in [0.3, 0.4) is 0 Å². The van der Waals surface area contributed by atoms with Gasteiger partial charge in [0.2, 0.25) is 5.88 Å². The van der Waals surface area contributed by atoms with Crippen molar-refractivity contribution in [3.05, 3.63) is 42.4 Å². The first-order valence-corrected chi connectivity index (χ1v) is 4.95. The summed E-state index contributed by atoms with van der Waals surface area (Å²) in [4.78, 5) is 8.02. The molecule has 0 bridgehead atoms. The molecule has 0 saturated heterocycles. The molecule has 5 nitrogen and oxygen atoms in total. The van der Waals surface area contributed by atoms with Gasteiger partial charge in [0.1, 0.15) is 6.07 Å². The third kappa shape index (κ3) is 2.49. The van der Waals surface area contributed by atoms with Crippen molar-refractivity contribution in [3.63, 3.8) is 0 Å². The molecule has 2 rings (SSSR count). The van der Waals surface area contributed by atoms with Gasteiger partial charge in [-0.3, -0.25) is 0 Å². The van der Waals surface area contributed by atoms with Crippen LogP contribution < -0.4 is 10.1 Å². The highest BCUT2D eigenvalue weighted by molar-refractivity contribution is 5.63. The maximum absolute atomic E-state index is 8.89. The summed E-state index contributed by atoms with van der Waals surface area (Å²) in [6, 6.07) is 9.13. The molecule has 0 fully saturated rings. The third-order valence-corrected chi connectivity index (χ3v) is 2.14. The van der Waals surface area contributed by atoms with E-state index in [-0.39, 0.29) is 0 Å². The van der Waals surface area contributed by atoms with Gasteiger partial charge in [-0.25, -0.2) is 9.97 Å². The molecule has 1 N–H and O–H groups in total. The fourth-order valence-electron chi connectivity index (χ4n) is 1.33. The molecule has 0 radical (unpaired) electrons. The van der Waals surface area contributed by atoms with Crippen LogP contribution in [0.25, 0.3) is 0 Å². The van der Waals surface area contributed by atoms with Gasteiger partial charge in [0.15, 0.2) is 5.69 Å². The van der Waals surface area contributed by atoms with Gasteiger partial charge in [-0.05, 0) is 18.2 Å². The van der Waals surface area contributed by atoms with Crippen LogP contribution in [0.5, 0.6) is 5.88 Å². The minimum atomic E-state index is 0.350. The molecule has 2 heterocycles. The lowest BCUT2D eigenvalue weighted by atomic mass is 10.3. The predicted molar refractivity (Wildman–Crippen MR) is 63.0 cm³/mol. The average molecular weight is 226 g/mol. The van der Waals surface area contributed by atoms with Gasteiger partial charge in [-0.15, -0.1) is 0 Å². The summed E-state index contributed by atoms with van der Waals surface area (Å²) < 4.78 is 4.96. The Kier molecular flexibility index (Phi) is 3.17. The van der Waals surface area contributed by atoms with Crippen LogP contribution in [-0.4, -0.2) is 17.1 Å². The highest BCUT2D eigenvalue weighted by atomic mass is 16.5. The second-order valence-electron chi connectivity index (χ2n) is 3.23. The Morgan fingerprint density at radius 3 is 2.82 bits per heavy atom. The number of nitriles is 1. The zero-order chi connectivity index (χ0) is 12.1. The molecule has 0 amide bonds. The maximum atomic E-state index is 8.89. The summed E-state index contributed by atoms with van der Waals surface area (Å²) in [5.41, 5.74) is 1.78. The molecular formula is C12H10N4O. The first-order valence-electron chi connectivity index (χ1n) is 4.95. The summed E-state index contributed by atoms with van der Waals surface area (Å²) >= 11 is 0. The van der Waals surface area contributed by atoms with E-state index in [1.165, 1.54) is 0 Å². The summed E-state index contributed by atoms with van der Waals surface area (Å²) in [5.74, 6) is 0.544.